The standard InChI is InChI=1S/C17H17N3O2/c21-13-7-5-12(6-8-13)11-15-19-14-3-1-9-18-17(14)20(15)16-4-2-10-22-16/h1,3,5-9,16,21H,2,4,10-11H2. The van der Waals surface area contributed by atoms with E-state index in [1.807, 2.05) is 24.3 Å². The highest BCUT2D eigenvalue weighted by atomic mass is 16.5. The first-order valence-electron chi connectivity index (χ1n) is 7.52. The summed E-state index contributed by atoms with van der Waals surface area (Å²) in [5, 5.41) is 9.41. The molecule has 0 saturated carbocycles. The lowest BCUT2D eigenvalue weighted by Crippen LogP contribution is -2.12. The molecule has 4 rings (SSSR count). The molecule has 5 heteroatoms. The smallest absolute Gasteiger partial charge is 0.162 e. The first-order chi connectivity index (χ1) is 10.8. The third kappa shape index (κ3) is 2.33. The van der Waals surface area contributed by atoms with Gasteiger partial charge in [0.05, 0.1) is 0 Å². The second-order valence-corrected chi connectivity index (χ2v) is 5.56. The molecular weight excluding hydrogens is 278 g/mol. The summed E-state index contributed by atoms with van der Waals surface area (Å²) in [5.74, 6) is 1.23. The first kappa shape index (κ1) is 13.3. The van der Waals surface area contributed by atoms with E-state index in [2.05, 4.69) is 9.55 Å². The van der Waals surface area contributed by atoms with E-state index in [4.69, 9.17) is 9.72 Å². The zero-order chi connectivity index (χ0) is 14.9. The molecule has 1 N–H and O–H groups in total. The molecule has 1 unspecified atom stereocenters. The summed E-state index contributed by atoms with van der Waals surface area (Å²) in [6.07, 6.45) is 4.56. The predicted molar refractivity (Wildman–Crippen MR) is 82.7 cm³/mol. The van der Waals surface area contributed by atoms with Gasteiger partial charge in [-0.25, -0.2) is 9.97 Å². The lowest BCUT2D eigenvalue weighted by Gasteiger charge is -2.15. The Morgan fingerprint density at radius 2 is 2.09 bits per heavy atom. The van der Waals surface area contributed by atoms with E-state index in [0.29, 0.717) is 6.42 Å². The van der Waals surface area contributed by atoms with Gasteiger partial charge in [0.15, 0.2) is 5.65 Å². The zero-order valence-corrected chi connectivity index (χ0v) is 12.1. The van der Waals surface area contributed by atoms with Crippen molar-refractivity contribution in [2.45, 2.75) is 25.5 Å². The van der Waals surface area contributed by atoms with E-state index in [1.165, 1.54) is 0 Å². The minimum Gasteiger partial charge on any atom is -0.508 e. The number of aromatic hydroxyl groups is 1. The van der Waals surface area contributed by atoms with E-state index >= 15 is 0 Å². The summed E-state index contributed by atoms with van der Waals surface area (Å²) in [7, 11) is 0. The van der Waals surface area contributed by atoms with Gasteiger partial charge in [0.2, 0.25) is 0 Å². The molecule has 1 aromatic carbocycles. The van der Waals surface area contributed by atoms with Gasteiger partial charge < -0.3 is 9.84 Å². The van der Waals surface area contributed by atoms with Crippen molar-refractivity contribution in [1.29, 1.82) is 0 Å². The number of imidazole rings is 1. The van der Waals surface area contributed by atoms with Gasteiger partial charge in [-0.3, -0.25) is 4.57 Å². The molecule has 3 aromatic rings. The van der Waals surface area contributed by atoms with Crippen LogP contribution in [0.25, 0.3) is 11.2 Å². The molecule has 1 aliphatic rings. The van der Waals surface area contributed by atoms with E-state index < -0.39 is 0 Å². The van der Waals surface area contributed by atoms with E-state index in [-0.39, 0.29) is 12.0 Å². The van der Waals surface area contributed by atoms with Crippen LogP contribution in [0, 0.1) is 0 Å². The van der Waals surface area contributed by atoms with Gasteiger partial charge in [0.1, 0.15) is 23.3 Å². The van der Waals surface area contributed by atoms with Gasteiger partial charge in [0, 0.05) is 19.2 Å². The molecular formula is C17H17N3O2. The van der Waals surface area contributed by atoms with E-state index in [1.54, 1.807) is 18.3 Å². The third-order valence-electron chi connectivity index (χ3n) is 4.01. The molecule has 0 spiro atoms. The number of hydrogen-bond donors (Lipinski definition) is 1. The number of phenols is 1. The normalized spacial score (nSPS) is 18.1. The number of nitrogens with zero attached hydrogens (tertiary/aromatic N) is 3. The van der Waals surface area contributed by atoms with E-state index in [0.717, 1.165) is 42.0 Å². The van der Waals surface area contributed by atoms with Crippen LogP contribution in [0.3, 0.4) is 0 Å². The fourth-order valence-electron chi connectivity index (χ4n) is 2.96. The Labute approximate surface area is 128 Å². The fourth-order valence-corrected chi connectivity index (χ4v) is 2.96. The number of rotatable bonds is 3. The fraction of sp³-hybridized carbons (Fsp3) is 0.294. The van der Waals surface area contributed by atoms with Crippen LogP contribution < -0.4 is 0 Å². The number of phenolic OH excluding ortho intramolecular Hbond substituents is 1. The van der Waals surface area contributed by atoms with Crippen LogP contribution in [0.4, 0.5) is 0 Å². The number of ether oxygens (including phenoxy) is 1. The molecule has 0 amide bonds. The third-order valence-corrected chi connectivity index (χ3v) is 4.01. The van der Waals surface area contributed by atoms with Crippen LogP contribution in [-0.4, -0.2) is 26.2 Å². The molecule has 0 bridgehead atoms. The number of aromatic nitrogens is 3. The SMILES string of the molecule is Oc1ccc(Cc2nc3cccnc3n2C2CCCO2)cc1. The minimum atomic E-state index is 0.0204. The summed E-state index contributed by atoms with van der Waals surface area (Å²) < 4.78 is 7.97. The Morgan fingerprint density at radius 1 is 1.23 bits per heavy atom. The average molecular weight is 295 g/mol. The van der Waals surface area contributed by atoms with Crippen LogP contribution in [0.15, 0.2) is 42.6 Å². The summed E-state index contributed by atoms with van der Waals surface area (Å²) in [6.45, 7) is 0.788. The molecule has 0 aliphatic carbocycles. The highest BCUT2D eigenvalue weighted by Crippen LogP contribution is 2.29. The Hall–Kier alpha value is -2.40. The van der Waals surface area contributed by atoms with Crippen molar-refractivity contribution >= 4 is 11.2 Å². The maximum absolute atomic E-state index is 9.41. The van der Waals surface area contributed by atoms with Crippen LogP contribution >= 0.6 is 0 Å². The molecule has 5 nitrogen and oxygen atoms in total. The summed E-state index contributed by atoms with van der Waals surface area (Å²) >= 11 is 0. The van der Waals surface area contributed by atoms with Crippen molar-refractivity contribution in [3.8, 4) is 5.75 Å². The van der Waals surface area contributed by atoms with Gasteiger partial charge in [-0.05, 0) is 42.7 Å². The highest BCUT2D eigenvalue weighted by molar-refractivity contribution is 5.71. The highest BCUT2D eigenvalue weighted by Gasteiger charge is 2.23. The Balaban J connectivity index is 1.78. The average Bonchev–Trinajstić information content (AvgIpc) is 3.16. The maximum Gasteiger partial charge on any atom is 0.162 e. The first-order valence-corrected chi connectivity index (χ1v) is 7.52. The quantitative estimate of drug-likeness (QED) is 0.807. The summed E-state index contributed by atoms with van der Waals surface area (Å²) in [4.78, 5) is 9.22. The van der Waals surface area contributed by atoms with Crippen molar-refractivity contribution in [3.63, 3.8) is 0 Å². The van der Waals surface area contributed by atoms with Crippen LogP contribution in [0.2, 0.25) is 0 Å². The molecule has 1 saturated heterocycles. The number of pyridine rings is 1. The van der Waals surface area contributed by atoms with Gasteiger partial charge in [0.25, 0.3) is 0 Å². The number of fused-ring (bicyclic) bond motifs is 1. The summed E-state index contributed by atoms with van der Waals surface area (Å²) in [5.41, 5.74) is 2.88. The van der Waals surface area contributed by atoms with Crippen LogP contribution in [0.5, 0.6) is 5.75 Å². The molecule has 2 aromatic heterocycles. The predicted octanol–water partition coefficient (Wildman–Crippen LogP) is 3.04. The molecule has 1 atom stereocenters. The van der Waals surface area contributed by atoms with Gasteiger partial charge >= 0.3 is 0 Å². The molecule has 0 radical (unpaired) electrons. The molecule has 1 aliphatic heterocycles. The largest absolute Gasteiger partial charge is 0.508 e. The Bertz CT molecular complexity index is 789. The van der Waals surface area contributed by atoms with Crippen molar-refractivity contribution < 1.29 is 9.84 Å². The summed E-state index contributed by atoms with van der Waals surface area (Å²) in [6, 6.07) is 11.1. The molecule has 3 heterocycles. The molecule has 22 heavy (non-hydrogen) atoms. The number of hydrogen-bond acceptors (Lipinski definition) is 4. The monoisotopic (exact) mass is 295 g/mol. The van der Waals surface area contributed by atoms with Crippen molar-refractivity contribution in [3.05, 3.63) is 54.0 Å². The second kappa shape index (κ2) is 5.42. The molecule has 1 fully saturated rings. The maximum atomic E-state index is 9.41. The molecule has 112 valence electrons. The minimum absolute atomic E-state index is 0.0204. The van der Waals surface area contributed by atoms with Crippen molar-refractivity contribution in [1.82, 2.24) is 14.5 Å². The zero-order valence-electron chi connectivity index (χ0n) is 12.1. The van der Waals surface area contributed by atoms with Gasteiger partial charge in [-0.1, -0.05) is 12.1 Å². The second-order valence-electron chi connectivity index (χ2n) is 5.56. The van der Waals surface area contributed by atoms with E-state index in [9.17, 15) is 5.11 Å². The Morgan fingerprint density at radius 3 is 2.86 bits per heavy atom. The van der Waals surface area contributed by atoms with Crippen LogP contribution in [0.1, 0.15) is 30.5 Å². The van der Waals surface area contributed by atoms with Crippen LogP contribution in [-0.2, 0) is 11.2 Å². The topological polar surface area (TPSA) is 60.2 Å². The Kier molecular flexibility index (Phi) is 3.27. The van der Waals surface area contributed by atoms with Crippen molar-refractivity contribution in [2.75, 3.05) is 6.61 Å². The lowest BCUT2D eigenvalue weighted by atomic mass is 10.1. The van der Waals surface area contributed by atoms with Crippen molar-refractivity contribution in [2.24, 2.45) is 0 Å². The number of benzene rings is 1. The lowest BCUT2D eigenvalue weighted by molar-refractivity contribution is 0.0573. The van der Waals surface area contributed by atoms with Gasteiger partial charge in [-0.2, -0.15) is 0 Å². The van der Waals surface area contributed by atoms with Gasteiger partial charge in [-0.15, -0.1) is 0 Å².